The SMILES string of the molecule is CS(=O)(=O)CCC(=O)Nc1nc(-c2ccc(Cl)s2)cs1. The molecule has 2 aromatic heterocycles. The van der Waals surface area contributed by atoms with E-state index in [1.165, 1.54) is 22.7 Å². The highest BCUT2D eigenvalue weighted by molar-refractivity contribution is 7.90. The van der Waals surface area contributed by atoms with Gasteiger partial charge in [0.2, 0.25) is 5.91 Å². The van der Waals surface area contributed by atoms with Crippen LogP contribution in [0, 0.1) is 0 Å². The van der Waals surface area contributed by atoms with E-state index in [2.05, 4.69) is 10.3 Å². The first-order valence-electron chi connectivity index (χ1n) is 5.52. The first kappa shape index (κ1) is 15.4. The quantitative estimate of drug-likeness (QED) is 0.899. The van der Waals surface area contributed by atoms with Crippen LogP contribution in [0.2, 0.25) is 4.34 Å². The fourth-order valence-corrected chi connectivity index (χ4v) is 3.72. The van der Waals surface area contributed by atoms with Crippen LogP contribution in [0.4, 0.5) is 5.13 Å². The van der Waals surface area contributed by atoms with E-state index < -0.39 is 9.84 Å². The number of carbonyl (C=O) groups is 1. The topological polar surface area (TPSA) is 76.1 Å². The number of nitrogens with zero attached hydrogens (tertiary/aromatic N) is 1. The second-order valence-electron chi connectivity index (χ2n) is 4.07. The van der Waals surface area contributed by atoms with E-state index in [1.807, 2.05) is 11.4 Å². The van der Waals surface area contributed by atoms with Crippen molar-refractivity contribution in [1.29, 1.82) is 0 Å². The summed E-state index contributed by atoms with van der Waals surface area (Å²) >= 11 is 8.54. The van der Waals surface area contributed by atoms with Gasteiger partial charge in [0.1, 0.15) is 9.84 Å². The number of nitrogens with one attached hydrogen (secondary N) is 1. The Bertz CT molecular complexity index is 721. The van der Waals surface area contributed by atoms with Crippen molar-refractivity contribution in [2.24, 2.45) is 0 Å². The molecule has 0 aliphatic heterocycles. The lowest BCUT2D eigenvalue weighted by Crippen LogP contribution is -2.16. The molecule has 0 spiro atoms. The van der Waals surface area contributed by atoms with Crippen molar-refractivity contribution in [1.82, 2.24) is 4.98 Å². The van der Waals surface area contributed by atoms with Gasteiger partial charge in [0.05, 0.1) is 20.7 Å². The Hall–Kier alpha value is -0.960. The van der Waals surface area contributed by atoms with Gasteiger partial charge in [0, 0.05) is 18.1 Å². The lowest BCUT2D eigenvalue weighted by atomic mass is 10.4. The van der Waals surface area contributed by atoms with Gasteiger partial charge >= 0.3 is 0 Å². The Kier molecular flexibility index (Phi) is 4.79. The van der Waals surface area contributed by atoms with Gasteiger partial charge in [-0.15, -0.1) is 22.7 Å². The molecular formula is C11H11ClN2O3S3. The minimum absolute atomic E-state index is 0.0709. The molecule has 0 aliphatic rings. The number of sulfone groups is 1. The Labute approximate surface area is 129 Å². The fraction of sp³-hybridized carbons (Fsp3) is 0.273. The molecule has 0 aromatic carbocycles. The maximum absolute atomic E-state index is 11.6. The molecule has 108 valence electrons. The molecule has 2 aromatic rings. The third kappa shape index (κ3) is 4.55. The van der Waals surface area contributed by atoms with E-state index in [-0.39, 0.29) is 18.1 Å². The largest absolute Gasteiger partial charge is 0.302 e. The van der Waals surface area contributed by atoms with Gasteiger partial charge < -0.3 is 5.32 Å². The van der Waals surface area contributed by atoms with Crippen molar-refractivity contribution in [2.45, 2.75) is 6.42 Å². The van der Waals surface area contributed by atoms with Crippen molar-refractivity contribution in [3.05, 3.63) is 21.8 Å². The van der Waals surface area contributed by atoms with Crippen LogP contribution >= 0.6 is 34.3 Å². The Morgan fingerprint density at radius 1 is 1.45 bits per heavy atom. The molecule has 1 N–H and O–H groups in total. The van der Waals surface area contributed by atoms with Crippen LogP contribution in [0.15, 0.2) is 17.5 Å². The number of rotatable bonds is 5. The number of amides is 1. The highest BCUT2D eigenvalue weighted by atomic mass is 35.5. The second kappa shape index (κ2) is 6.21. The molecule has 0 atom stereocenters. The number of hydrogen-bond acceptors (Lipinski definition) is 6. The minimum Gasteiger partial charge on any atom is -0.302 e. The summed E-state index contributed by atoms with van der Waals surface area (Å²) < 4.78 is 22.6. The molecule has 0 fully saturated rings. The molecule has 9 heteroatoms. The normalized spacial score (nSPS) is 11.5. The second-order valence-corrected chi connectivity index (χ2v) is 8.90. The van der Waals surface area contributed by atoms with Crippen molar-refractivity contribution in [2.75, 3.05) is 17.3 Å². The van der Waals surface area contributed by atoms with E-state index in [9.17, 15) is 13.2 Å². The number of carbonyl (C=O) groups excluding carboxylic acids is 1. The Balaban J connectivity index is 1.98. The summed E-state index contributed by atoms with van der Waals surface area (Å²) in [7, 11) is -3.14. The van der Waals surface area contributed by atoms with Gasteiger partial charge in [-0.05, 0) is 12.1 Å². The zero-order valence-corrected chi connectivity index (χ0v) is 13.6. The monoisotopic (exact) mass is 350 g/mol. The summed E-state index contributed by atoms with van der Waals surface area (Å²) in [5, 5.41) is 4.85. The fourth-order valence-electron chi connectivity index (χ4n) is 1.36. The van der Waals surface area contributed by atoms with Crippen LogP contribution < -0.4 is 5.32 Å². The summed E-state index contributed by atoms with van der Waals surface area (Å²) in [6.07, 6.45) is 1.03. The molecule has 0 aliphatic carbocycles. The number of aromatic nitrogens is 1. The maximum atomic E-state index is 11.6. The number of hydrogen-bond donors (Lipinski definition) is 1. The average molecular weight is 351 g/mol. The van der Waals surface area contributed by atoms with Crippen LogP contribution in [0.1, 0.15) is 6.42 Å². The lowest BCUT2D eigenvalue weighted by Gasteiger charge is -2.00. The van der Waals surface area contributed by atoms with Crippen LogP contribution in [-0.2, 0) is 14.6 Å². The van der Waals surface area contributed by atoms with Crippen LogP contribution in [0.5, 0.6) is 0 Å². The van der Waals surface area contributed by atoms with Gasteiger partial charge in [-0.25, -0.2) is 13.4 Å². The first-order chi connectivity index (χ1) is 9.33. The molecule has 2 heterocycles. The van der Waals surface area contributed by atoms with E-state index in [0.29, 0.717) is 9.47 Å². The van der Waals surface area contributed by atoms with E-state index in [1.54, 1.807) is 6.07 Å². The molecule has 0 bridgehead atoms. The number of anilines is 1. The summed E-state index contributed by atoms with van der Waals surface area (Å²) in [5.41, 5.74) is 0.741. The van der Waals surface area contributed by atoms with Crippen molar-refractivity contribution >= 4 is 55.2 Å². The minimum atomic E-state index is -3.14. The third-order valence-electron chi connectivity index (χ3n) is 2.28. The first-order valence-corrected chi connectivity index (χ1v) is 9.66. The molecule has 0 radical (unpaired) electrons. The standard InChI is InChI=1S/C11H11ClN2O3S3/c1-20(16,17)5-4-10(15)14-11-13-7(6-18-11)8-2-3-9(12)19-8/h2-3,6H,4-5H2,1H3,(H,13,14,15). The van der Waals surface area contributed by atoms with Crippen molar-refractivity contribution in [3.8, 4) is 10.6 Å². The third-order valence-corrected chi connectivity index (χ3v) is 5.23. The molecule has 1 amide bonds. The molecule has 2 rings (SSSR count). The summed E-state index contributed by atoms with van der Waals surface area (Å²) in [5.74, 6) is -0.530. The lowest BCUT2D eigenvalue weighted by molar-refractivity contribution is -0.115. The van der Waals surface area contributed by atoms with Gasteiger partial charge in [0.25, 0.3) is 0 Å². The molecule has 0 saturated carbocycles. The van der Waals surface area contributed by atoms with Crippen LogP contribution in [0.3, 0.4) is 0 Å². The Morgan fingerprint density at radius 2 is 2.20 bits per heavy atom. The zero-order chi connectivity index (χ0) is 14.8. The molecule has 0 saturated heterocycles. The summed E-state index contributed by atoms with van der Waals surface area (Å²) in [6.45, 7) is 0. The Morgan fingerprint density at radius 3 is 2.80 bits per heavy atom. The highest BCUT2D eigenvalue weighted by Gasteiger charge is 2.11. The summed E-state index contributed by atoms with van der Waals surface area (Å²) in [4.78, 5) is 16.8. The van der Waals surface area contributed by atoms with Gasteiger partial charge in [-0.3, -0.25) is 4.79 Å². The number of thiophene rings is 1. The van der Waals surface area contributed by atoms with Crippen LogP contribution in [-0.4, -0.2) is 31.3 Å². The van der Waals surface area contributed by atoms with E-state index in [4.69, 9.17) is 11.6 Å². The predicted molar refractivity (Wildman–Crippen MR) is 83.4 cm³/mol. The molecule has 0 unspecified atom stereocenters. The van der Waals surface area contributed by atoms with Gasteiger partial charge in [-0.2, -0.15) is 0 Å². The molecule has 20 heavy (non-hydrogen) atoms. The average Bonchev–Trinajstić information content (AvgIpc) is 2.94. The van der Waals surface area contributed by atoms with E-state index >= 15 is 0 Å². The zero-order valence-electron chi connectivity index (χ0n) is 10.4. The molecule has 5 nitrogen and oxygen atoms in total. The van der Waals surface area contributed by atoms with Gasteiger partial charge in [-0.1, -0.05) is 11.6 Å². The van der Waals surface area contributed by atoms with Crippen LogP contribution in [0.25, 0.3) is 10.6 Å². The summed E-state index contributed by atoms with van der Waals surface area (Å²) in [6, 6.07) is 3.64. The number of thiazole rings is 1. The predicted octanol–water partition coefficient (Wildman–Crippen LogP) is 2.90. The van der Waals surface area contributed by atoms with Gasteiger partial charge in [0.15, 0.2) is 5.13 Å². The molecular weight excluding hydrogens is 340 g/mol. The highest BCUT2D eigenvalue weighted by Crippen LogP contribution is 2.32. The number of halogens is 1. The van der Waals surface area contributed by atoms with Crippen molar-refractivity contribution < 1.29 is 13.2 Å². The smallest absolute Gasteiger partial charge is 0.227 e. The van der Waals surface area contributed by atoms with Crippen molar-refractivity contribution in [3.63, 3.8) is 0 Å². The maximum Gasteiger partial charge on any atom is 0.227 e. The van der Waals surface area contributed by atoms with E-state index in [0.717, 1.165) is 16.8 Å².